The lowest BCUT2D eigenvalue weighted by molar-refractivity contribution is 0.111. The Morgan fingerprint density at radius 1 is 1.29 bits per heavy atom. The van der Waals surface area contributed by atoms with Crippen LogP contribution in [0, 0.1) is 0 Å². The van der Waals surface area contributed by atoms with Crippen molar-refractivity contribution in [3.05, 3.63) is 47.2 Å². The number of halogens is 1. The molecule has 0 fully saturated rings. The van der Waals surface area contributed by atoms with Gasteiger partial charge in [-0.2, -0.15) is 5.10 Å². The van der Waals surface area contributed by atoms with Gasteiger partial charge in [0.25, 0.3) is 0 Å². The van der Waals surface area contributed by atoms with Gasteiger partial charge in [0, 0.05) is 6.20 Å². The standard InChI is InChI=1S/C10H7ClN2O/c11-9-3-1-2-4-10(9)13-6-5-8(7-14)12-13/h1-7H. The zero-order valence-electron chi connectivity index (χ0n) is 7.22. The van der Waals surface area contributed by atoms with Gasteiger partial charge in [0.1, 0.15) is 5.69 Å². The van der Waals surface area contributed by atoms with Crippen LogP contribution in [0.3, 0.4) is 0 Å². The van der Waals surface area contributed by atoms with Gasteiger partial charge in [-0.15, -0.1) is 0 Å². The molecule has 0 atom stereocenters. The largest absolute Gasteiger partial charge is 0.296 e. The Kier molecular flexibility index (Phi) is 2.33. The van der Waals surface area contributed by atoms with Gasteiger partial charge in [0.2, 0.25) is 0 Å². The van der Waals surface area contributed by atoms with Crippen LogP contribution in [0.2, 0.25) is 5.02 Å². The Morgan fingerprint density at radius 3 is 2.71 bits per heavy atom. The van der Waals surface area contributed by atoms with Gasteiger partial charge in [-0.3, -0.25) is 4.79 Å². The molecule has 70 valence electrons. The number of carbonyl (C=O) groups is 1. The van der Waals surface area contributed by atoms with E-state index in [1.165, 1.54) is 0 Å². The van der Waals surface area contributed by atoms with Crippen molar-refractivity contribution in [1.29, 1.82) is 0 Å². The Balaban J connectivity index is 2.49. The van der Waals surface area contributed by atoms with Crippen molar-refractivity contribution < 1.29 is 4.79 Å². The molecule has 0 amide bonds. The Bertz CT molecular complexity index is 465. The third kappa shape index (κ3) is 1.54. The van der Waals surface area contributed by atoms with Gasteiger partial charge in [-0.05, 0) is 18.2 Å². The number of benzene rings is 1. The summed E-state index contributed by atoms with van der Waals surface area (Å²) in [6, 6.07) is 8.96. The number of nitrogens with zero attached hydrogens (tertiary/aromatic N) is 2. The predicted octanol–water partition coefficient (Wildman–Crippen LogP) is 2.34. The molecule has 0 saturated heterocycles. The summed E-state index contributed by atoms with van der Waals surface area (Å²) in [5.41, 5.74) is 1.16. The minimum Gasteiger partial charge on any atom is -0.296 e. The van der Waals surface area contributed by atoms with Crippen LogP contribution in [0.15, 0.2) is 36.5 Å². The quantitative estimate of drug-likeness (QED) is 0.707. The molecule has 1 heterocycles. The number of hydrogen-bond donors (Lipinski definition) is 0. The van der Waals surface area contributed by atoms with Gasteiger partial charge in [0.15, 0.2) is 6.29 Å². The second-order valence-corrected chi connectivity index (χ2v) is 3.16. The van der Waals surface area contributed by atoms with Crippen molar-refractivity contribution in [2.75, 3.05) is 0 Å². The fraction of sp³-hybridized carbons (Fsp3) is 0. The van der Waals surface area contributed by atoms with Crippen LogP contribution in [-0.4, -0.2) is 16.1 Å². The van der Waals surface area contributed by atoms with E-state index in [1.807, 2.05) is 18.2 Å². The van der Waals surface area contributed by atoms with Gasteiger partial charge in [-0.1, -0.05) is 23.7 Å². The average molecular weight is 207 g/mol. The third-order valence-corrected chi connectivity index (χ3v) is 2.15. The van der Waals surface area contributed by atoms with Crippen molar-refractivity contribution in [2.24, 2.45) is 0 Å². The smallest absolute Gasteiger partial charge is 0.170 e. The molecule has 0 aliphatic heterocycles. The maximum absolute atomic E-state index is 10.4. The first kappa shape index (κ1) is 8.97. The van der Waals surface area contributed by atoms with Crippen LogP contribution in [0.4, 0.5) is 0 Å². The second kappa shape index (κ2) is 3.64. The van der Waals surface area contributed by atoms with Crippen LogP contribution < -0.4 is 0 Å². The average Bonchev–Trinajstić information content (AvgIpc) is 2.67. The summed E-state index contributed by atoms with van der Waals surface area (Å²) >= 11 is 5.96. The monoisotopic (exact) mass is 206 g/mol. The fourth-order valence-electron chi connectivity index (χ4n) is 1.17. The summed E-state index contributed by atoms with van der Waals surface area (Å²) in [5.74, 6) is 0. The zero-order chi connectivity index (χ0) is 9.97. The van der Waals surface area contributed by atoms with Crippen molar-refractivity contribution in [1.82, 2.24) is 9.78 Å². The normalized spacial score (nSPS) is 10.1. The molecular weight excluding hydrogens is 200 g/mol. The number of rotatable bonds is 2. The molecule has 0 radical (unpaired) electrons. The van der Waals surface area contributed by atoms with Gasteiger partial charge in [-0.25, -0.2) is 4.68 Å². The molecule has 0 aliphatic carbocycles. The van der Waals surface area contributed by atoms with E-state index >= 15 is 0 Å². The molecule has 4 heteroatoms. The van der Waals surface area contributed by atoms with E-state index in [0.29, 0.717) is 17.0 Å². The molecule has 1 aromatic heterocycles. The molecule has 0 bridgehead atoms. The van der Waals surface area contributed by atoms with E-state index in [2.05, 4.69) is 5.10 Å². The van der Waals surface area contributed by atoms with Crippen molar-refractivity contribution >= 4 is 17.9 Å². The van der Waals surface area contributed by atoms with E-state index in [-0.39, 0.29) is 0 Å². The van der Waals surface area contributed by atoms with Gasteiger partial charge >= 0.3 is 0 Å². The summed E-state index contributed by atoms with van der Waals surface area (Å²) in [4.78, 5) is 10.4. The fourth-order valence-corrected chi connectivity index (χ4v) is 1.39. The number of carbonyl (C=O) groups excluding carboxylic acids is 1. The van der Waals surface area contributed by atoms with Crippen LogP contribution >= 0.6 is 11.6 Å². The minimum absolute atomic E-state index is 0.393. The second-order valence-electron chi connectivity index (χ2n) is 2.75. The summed E-state index contributed by atoms with van der Waals surface area (Å²) in [7, 11) is 0. The molecule has 0 N–H and O–H groups in total. The Hall–Kier alpha value is -1.61. The molecule has 14 heavy (non-hydrogen) atoms. The van der Waals surface area contributed by atoms with Gasteiger partial charge in [0.05, 0.1) is 10.7 Å². The molecule has 3 nitrogen and oxygen atoms in total. The molecular formula is C10H7ClN2O. The number of hydrogen-bond acceptors (Lipinski definition) is 2. The summed E-state index contributed by atoms with van der Waals surface area (Å²) in [6.07, 6.45) is 2.40. The highest BCUT2D eigenvalue weighted by Gasteiger charge is 2.03. The molecule has 0 saturated carbocycles. The minimum atomic E-state index is 0.393. The molecule has 0 spiro atoms. The summed E-state index contributed by atoms with van der Waals surface area (Å²) < 4.78 is 1.58. The molecule has 0 unspecified atom stereocenters. The lowest BCUT2D eigenvalue weighted by atomic mass is 10.3. The highest BCUT2D eigenvalue weighted by molar-refractivity contribution is 6.32. The highest BCUT2D eigenvalue weighted by Crippen LogP contribution is 2.18. The number of aldehydes is 1. The first-order valence-corrected chi connectivity index (χ1v) is 4.45. The Morgan fingerprint density at radius 2 is 2.07 bits per heavy atom. The van der Waals surface area contributed by atoms with Crippen LogP contribution in [0.5, 0.6) is 0 Å². The predicted molar refractivity (Wildman–Crippen MR) is 54.0 cm³/mol. The van der Waals surface area contributed by atoms with Crippen LogP contribution in [0.25, 0.3) is 5.69 Å². The molecule has 0 aliphatic rings. The van der Waals surface area contributed by atoms with E-state index in [1.54, 1.807) is 23.0 Å². The van der Waals surface area contributed by atoms with Crippen molar-refractivity contribution in [3.8, 4) is 5.69 Å². The number of para-hydroxylation sites is 1. The van der Waals surface area contributed by atoms with Crippen LogP contribution in [0.1, 0.15) is 10.5 Å². The summed E-state index contributed by atoms with van der Waals surface area (Å²) in [5, 5.41) is 4.63. The molecule has 1 aromatic carbocycles. The lowest BCUT2D eigenvalue weighted by Gasteiger charge is -2.02. The number of aromatic nitrogens is 2. The lowest BCUT2D eigenvalue weighted by Crippen LogP contribution is -1.96. The Labute approximate surface area is 85.9 Å². The third-order valence-electron chi connectivity index (χ3n) is 1.83. The maximum atomic E-state index is 10.4. The first-order valence-electron chi connectivity index (χ1n) is 4.07. The SMILES string of the molecule is O=Cc1ccn(-c2ccccc2Cl)n1. The van der Waals surface area contributed by atoms with Crippen molar-refractivity contribution in [3.63, 3.8) is 0 Å². The van der Waals surface area contributed by atoms with E-state index < -0.39 is 0 Å². The van der Waals surface area contributed by atoms with Crippen LogP contribution in [-0.2, 0) is 0 Å². The molecule has 2 aromatic rings. The van der Waals surface area contributed by atoms with Gasteiger partial charge < -0.3 is 0 Å². The molecule has 2 rings (SSSR count). The zero-order valence-corrected chi connectivity index (χ0v) is 7.98. The van der Waals surface area contributed by atoms with E-state index in [4.69, 9.17) is 11.6 Å². The maximum Gasteiger partial charge on any atom is 0.170 e. The highest BCUT2D eigenvalue weighted by atomic mass is 35.5. The summed E-state index contributed by atoms with van der Waals surface area (Å²) in [6.45, 7) is 0. The van der Waals surface area contributed by atoms with E-state index in [9.17, 15) is 4.79 Å². The topological polar surface area (TPSA) is 34.9 Å². The first-order chi connectivity index (χ1) is 6.81. The van der Waals surface area contributed by atoms with E-state index in [0.717, 1.165) is 5.69 Å². The van der Waals surface area contributed by atoms with Crippen molar-refractivity contribution in [2.45, 2.75) is 0 Å².